The molecule has 0 saturated carbocycles. The van der Waals surface area contributed by atoms with Gasteiger partial charge < -0.3 is 18.3 Å². The average molecular weight is 371 g/mol. The zero-order valence-electron chi connectivity index (χ0n) is 15.1. The van der Waals surface area contributed by atoms with Gasteiger partial charge in [-0.3, -0.25) is 0 Å². The van der Waals surface area contributed by atoms with E-state index in [0.29, 0.717) is 24.0 Å². The van der Waals surface area contributed by atoms with Crippen molar-refractivity contribution in [1.29, 1.82) is 0 Å². The number of aromatic nitrogens is 3. The standard InChI is InChI=1S/C19H21N3O5/c1-2-25-15-5-3-14(4-6-15)18-21-22(19(23)27-18)12-17-20-11-16(26-17)13-7-9-24-10-8-13/h3-6,11,13H,2,7-10,12H2,1H3. The van der Waals surface area contributed by atoms with Crippen molar-refractivity contribution in [1.82, 2.24) is 14.8 Å². The first-order valence-corrected chi connectivity index (χ1v) is 9.06. The number of hydrogen-bond donors (Lipinski definition) is 0. The van der Waals surface area contributed by atoms with Gasteiger partial charge in [0.15, 0.2) is 0 Å². The van der Waals surface area contributed by atoms with E-state index in [1.807, 2.05) is 19.1 Å². The van der Waals surface area contributed by atoms with Crippen molar-refractivity contribution in [3.05, 3.63) is 52.7 Å². The van der Waals surface area contributed by atoms with E-state index in [1.54, 1.807) is 18.3 Å². The molecule has 0 N–H and O–H groups in total. The zero-order valence-corrected chi connectivity index (χ0v) is 15.1. The van der Waals surface area contributed by atoms with Gasteiger partial charge >= 0.3 is 5.76 Å². The number of hydrogen-bond acceptors (Lipinski definition) is 7. The van der Waals surface area contributed by atoms with E-state index < -0.39 is 5.76 Å². The summed E-state index contributed by atoms with van der Waals surface area (Å²) in [5.74, 6) is 2.03. The highest BCUT2D eigenvalue weighted by Crippen LogP contribution is 2.27. The second-order valence-corrected chi connectivity index (χ2v) is 6.33. The van der Waals surface area contributed by atoms with Crippen molar-refractivity contribution in [2.75, 3.05) is 19.8 Å². The normalized spacial score (nSPS) is 15.1. The van der Waals surface area contributed by atoms with Crippen LogP contribution in [0.15, 0.2) is 44.1 Å². The highest BCUT2D eigenvalue weighted by atomic mass is 16.5. The quantitative estimate of drug-likeness (QED) is 0.658. The number of ether oxygens (including phenoxy) is 2. The molecule has 1 saturated heterocycles. The fraction of sp³-hybridized carbons (Fsp3) is 0.421. The van der Waals surface area contributed by atoms with Crippen LogP contribution in [0, 0.1) is 0 Å². The molecule has 0 spiro atoms. The lowest BCUT2D eigenvalue weighted by atomic mass is 9.98. The summed E-state index contributed by atoms with van der Waals surface area (Å²) in [5, 5.41) is 4.25. The van der Waals surface area contributed by atoms with Crippen molar-refractivity contribution >= 4 is 0 Å². The predicted octanol–water partition coefficient (Wildman–Crippen LogP) is 2.83. The summed E-state index contributed by atoms with van der Waals surface area (Å²) in [7, 11) is 0. The molecule has 27 heavy (non-hydrogen) atoms. The van der Waals surface area contributed by atoms with Crippen molar-refractivity contribution in [3.8, 4) is 17.2 Å². The number of rotatable bonds is 6. The van der Waals surface area contributed by atoms with Crippen LogP contribution in [0.4, 0.5) is 0 Å². The molecule has 0 amide bonds. The fourth-order valence-electron chi connectivity index (χ4n) is 3.08. The van der Waals surface area contributed by atoms with Gasteiger partial charge in [0, 0.05) is 24.7 Å². The van der Waals surface area contributed by atoms with Crippen LogP contribution in [0.3, 0.4) is 0 Å². The Kier molecular flexibility index (Phi) is 5.06. The Morgan fingerprint density at radius 2 is 1.96 bits per heavy atom. The molecule has 2 aromatic heterocycles. The first kappa shape index (κ1) is 17.5. The van der Waals surface area contributed by atoms with Gasteiger partial charge in [-0.15, -0.1) is 5.10 Å². The molecule has 0 aliphatic carbocycles. The van der Waals surface area contributed by atoms with Crippen molar-refractivity contribution in [3.63, 3.8) is 0 Å². The lowest BCUT2D eigenvalue weighted by molar-refractivity contribution is 0.0803. The van der Waals surface area contributed by atoms with Gasteiger partial charge in [0.05, 0.1) is 12.8 Å². The van der Waals surface area contributed by atoms with Gasteiger partial charge in [-0.25, -0.2) is 9.78 Å². The first-order chi connectivity index (χ1) is 13.2. The first-order valence-electron chi connectivity index (χ1n) is 9.06. The molecule has 1 aliphatic rings. The molecule has 4 rings (SSSR count). The Balaban J connectivity index is 1.48. The number of nitrogens with zero attached hydrogens (tertiary/aromatic N) is 3. The van der Waals surface area contributed by atoms with E-state index in [4.69, 9.17) is 18.3 Å². The van der Waals surface area contributed by atoms with Crippen LogP contribution in [0.1, 0.15) is 37.3 Å². The summed E-state index contributed by atoms with van der Waals surface area (Å²) in [6.45, 7) is 4.10. The molecular formula is C19H21N3O5. The van der Waals surface area contributed by atoms with Gasteiger partial charge in [-0.2, -0.15) is 4.68 Å². The van der Waals surface area contributed by atoms with Gasteiger partial charge in [-0.05, 0) is 44.0 Å². The molecule has 8 nitrogen and oxygen atoms in total. The van der Waals surface area contributed by atoms with Gasteiger partial charge in [0.25, 0.3) is 0 Å². The third kappa shape index (κ3) is 3.95. The molecule has 1 fully saturated rings. The summed E-state index contributed by atoms with van der Waals surface area (Å²) in [6.07, 6.45) is 3.56. The predicted molar refractivity (Wildman–Crippen MR) is 95.8 cm³/mol. The van der Waals surface area contributed by atoms with Gasteiger partial charge in [-0.1, -0.05) is 0 Å². The molecule has 142 valence electrons. The molecule has 3 heterocycles. The SMILES string of the molecule is CCOc1ccc(-c2nn(Cc3ncc(C4CCOCC4)o3)c(=O)o2)cc1. The smallest absolute Gasteiger partial charge is 0.437 e. The summed E-state index contributed by atoms with van der Waals surface area (Å²) in [5.41, 5.74) is 0.699. The fourth-order valence-corrected chi connectivity index (χ4v) is 3.08. The van der Waals surface area contributed by atoms with Gasteiger partial charge in [0.2, 0.25) is 11.8 Å². The molecule has 1 aromatic carbocycles. The topological polar surface area (TPSA) is 92.5 Å². The Hall–Kier alpha value is -2.87. The minimum absolute atomic E-state index is 0.128. The van der Waals surface area contributed by atoms with Crippen LogP contribution in [-0.2, 0) is 11.3 Å². The minimum atomic E-state index is -0.551. The molecule has 0 atom stereocenters. The Morgan fingerprint density at radius 3 is 2.70 bits per heavy atom. The van der Waals surface area contributed by atoms with E-state index in [9.17, 15) is 4.79 Å². The largest absolute Gasteiger partial charge is 0.494 e. The van der Waals surface area contributed by atoms with Crippen LogP contribution in [-0.4, -0.2) is 34.6 Å². The Labute approximate surface area is 155 Å². The van der Waals surface area contributed by atoms with Crippen LogP contribution in [0.2, 0.25) is 0 Å². The second kappa shape index (κ2) is 7.79. The lowest BCUT2D eigenvalue weighted by Crippen LogP contribution is -2.16. The van der Waals surface area contributed by atoms with E-state index >= 15 is 0 Å². The average Bonchev–Trinajstić information content (AvgIpc) is 3.31. The van der Waals surface area contributed by atoms with E-state index in [-0.39, 0.29) is 12.4 Å². The maximum absolute atomic E-state index is 12.1. The lowest BCUT2D eigenvalue weighted by Gasteiger charge is -2.19. The molecule has 3 aromatic rings. The molecule has 1 aliphatic heterocycles. The van der Waals surface area contributed by atoms with Crippen LogP contribution in [0.25, 0.3) is 11.5 Å². The monoisotopic (exact) mass is 371 g/mol. The van der Waals surface area contributed by atoms with Crippen molar-refractivity contribution < 1.29 is 18.3 Å². The Morgan fingerprint density at radius 1 is 1.19 bits per heavy atom. The van der Waals surface area contributed by atoms with E-state index in [0.717, 1.165) is 37.6 Å². The number of benzene rings is 1. The maximum Gasteiger partial charge on any atom is 0.437 e. The van der Waals surface area contributed by atoms with Crippen LogP contribution < -0.4 is 10.5 Å². The highest BCUT2D eigenvalue weighted by Gasteiger charge is 2.21. The summed E-state index contributed by atoms with van der Waals surface area (Å²) in [6, 6.07) is 7.22. The van der Waals surface area contributed by atoms with E-state index in [2.05, 4.69) is 10.1 Å². The van der Waals surface area contributed by atoms with Crippen LogP contribution >= 0.6 is 0 Å². The zero-order chi connectivity index (χ0) is 18.6. The van der Waals surface area contributed by atoms with Crippen molar-refractivity contribution in [2.24, 2.45) is 0 Å². The Bertz CT molecular complexity index is 935. The molecule has 0 unspecified atom stereocenters. The third-order valence-corrected chi connectivity index (χ3v) is 4.50. The molecular weight excluding hydrogens is 350 g/mol. The van der Waals surface area contributed by atoms with Crippen LogP contribution in [0.5, 0.6) is 5.75 Å². The summed E-state index contributed by atoms with van der Waals surface area (Å²) in [4.78, 5) is 16.4. The van der Waals surface area contributed by atoms with Gasteiger partial charge in [0.1, 0.15) is 18.1 Å². The summed E-state index contributed by atoms with van der Waals surface area (Å²) >= 11 is 0. The summed E-state index contributed by atoms with van der Waals surface area (Å²) < 4.78 is 23.1. The second-order valence-electron chi connectivity index (χ2n) is 6.33. The van der Waals surface area contributed by atoms with Crippen molar-refractivity contribution in [2.45, 2.75) is 32.2 Å². The highest BCUT2D eigenvalue weighted by molar-refractivity contribution is 5.53. The maximum atomic E-state index is 12.1. The molecule has 8 heteroatoms. The number of oxazole rings is 1. The van der Waals surface area contributed by atoms with E-state index in [1.165, 1.54) is 4.68 Å². The minimum Gasteiger partial charge on any atom is -0.494 e. The third-order valence-electron chi connectivity index (χ3n) is 4.50. The molecule has 0 bridgehead atoms. The molecule has 0 radical (unpaired) electrons.